The molecule has 0 heterocycles. The van der Waals surface area contributed by atoms with Crippen LogP contribution in [0.3, 0.4) is 0 Å². The molecule has 0 spiro atoms. The van der Waals surface area contributed by atoms with Gasteiger partial charge in [-0.25, -0.2) is 0 Å². The van der Waals surface area contributed by atoms with E-state index in [1.165, 1.54) is 0 Å². The smallest absolute Gasteiger partial charge is 0.288 e. The first kappa shape index (κ1) is 18.7. The zero-order chi connectivity index (χ0) is 17.5. The summed E-state index contributed by atoms with van der Waals surface area (Å²) in [5, 5.41) is 2.69. The van der Waals surface area contributed by atoms with Gasteiger partial charge in [0.2, 0.25) is 5.91 Å². The first-order valence-corrected chi connectivity index (χ1v) is 8.83. The van der Waals surface area contributed by atoms with Gasteiger partial charge in [0.05, 0.1) is 17.3 Å². The second-order valence-corrected chi connectivity index (χ2v) is 6.78. The molecule has 1 N–H and O–H groups in total. The average Bonchev–Trinajstić information content (AvgIpc) is 2.54. The lowest BCUT2D eigenvalue weighted by Gasteiger charge is -2.10. The monoisotopic (exact) mass is 415 g/mol. The molecule has 0 bridgehead atoms. The third-order valence-corrected chi connectivity index (χ3v) is 4.64. The van der Waals surface area contributed by atoms with Gasteiger partial charge in [0.15, 0.2) is 0 Å². The Hall–Kier alpha value is -1.60. The molecule has 0 unspecified atom stereocenters. The van der Waals surface area contributed by atoms with E-state index >= 15 is 0 Å². The Morgan fingerprint density at radius 3 is 2.71 bits per heavy atom. The average molecular weight is 416 g/mol. The molecule has 2 rings (SSSR count). The number of halogens is 3. The molecular formula is C17H16BrF2NO2S. The van der Waals surface area contributed by atoms with Gasteiger partial charge < -0.3 is 10.1 Å². The summed E-state index contributed by atoms with van der Waals surface area (Å²) >= 11 is 3.82. The fourth-order valence-electron chi connectivity index (χ4n) is 2.10. The molecule has 24 heavy (non-hydrogen) atoms. The highest BCUT2D eigenvalue weighted by Crippen LogP contribution is 2.31. The maximum atomic E-state index is 12.5. The predicted octanol–water partition coefficient (Wildman–Crippen LogP) is 5.34. The van der Waals surface area contributed by atoms with Crippen LogP contribution >= 0.6 is 27.7 Å². The fourth-order valence-corrected chi connectivity index (χ4v) is 3.29. The number of amides is 1. The van der Waals surface area contributed by atoms with Gasteiger partial charge in [-0.05, 0) is 52.2 Å². The maximum absolute atomic E-state index is 12.5. The van der Waals surface area contributed by atoms with Crippen molar-refractivity contribution >= 4 is 39.3 Å². The van der Waals surface area contributed by atoms with Crippen LogP contribution < -0.4 is 10.1 Å². The number of benzene rings is 2. The van der Waals surface area contributed by atoms with E-state index in [-0.39, 0.29) is 12.3 Å². The van der Waals surface area contributed by atoms with Crippen molar-refractivity contribution in [2.75, 3.05) is 12.4 Å². The molecule has 7 heteroatoms. The highest BCUT2D eigenvalue weighted by atomic mass is 79.9. The van der Waals surface area contributed by atoms with E-state index in [0.717, 1.165) is 15.8 Å². The number of hydrogen-bond donors (Lipinski definition) is 1. The largest absolute Gasteiger partial charge is 0.496 e. The summed E-state index contributed by atoms with van der Waals surface area (Å²) in [6.07, 6.45) is 0.797. The van der Waals surface area contributed by atoms with Crippen molar-refractivity contribution in [3.63, 3.8) is 0 Å². The topological polar surface area (TPSA) is 38.3 Å². The van der Waals surface area contributed by atoms with Crippen LogP contribution in [-0.2, 0) is 11.2 Å². The Balaban J connectivity index is 1.95. The van der Waals surface area contributed by atoms with Crippen molar-refractivity contribution < 1.29 is 18.3 Å². The lowest BCUT2D eigenvalue weighted by atomic mass is 10.1. The van der Waals surface area contributed by atoms with Gasteiger partial charge in [0, 0.05) is 11.3 Å². The molecule has 3 nitrogen and oxygen atoms in total. The van der Waals surface area contributed by atoms with E-state index in [2.05, 4.69) is 21.2 Å². The SMILES string of the molecule is COc1ccc(CCC(=O)Nc2ccccc2SC(F)F)cc1Br. The zero-order valence-corrected chi connectivity index (χ0v) is 15.3. The van der Waals surface area contributed by atoms with E-state index in [4.69, 9.17) is 4.74 Å². The predicted molar refractivity (Wildman–Crippen MR) is 95.9 cm³/mol. The van der Waals surface area contributed by atoms with Gasteiger partial charge in [-0.1, -0.05) is 30.0 Å². The molecule has 0 atom stereocenters. The number of nitrogens with one attached hydrogen (secondary N) is 1. The van der Waals surface area contributed by atoms with Crippen LogP contribution in [0.25, 0.3) is 0 Å². The van der Waals surface area contributed by atoms with Gasteiger partial charge in [0.25, 0.3) is 5.76 Å². The number of anilines is 1. The van der Waals surface area contributed by atoms with Gasteiger partial charge in [-0.15, -0.1) is 0 Å². The van der Waals surface area contributed by atoms with Crippen LogP contribution in [-0.4, -0.2) is 18.8 Å². The molecule has 0 aliphatic rings. The molecule has 1 amide bonds. The Labute approximate surface area is 151 Å². The molecule has 0 radical (unpaired) electrons. The van der Waals surface area contributed by atoms with Gasteiger partial charge in [-0.2, -0.15) is 8.78 Å². The molecule has 0 fully saturated rings. The molecule has 0 saturated carbocycles. The lowest BCUT2D eigenvalue weighted by Crippen LogP contribution is -2.13. The third kappa shape index (κ3) is 5.49. The summed E-state index contributed by atoms with van der Waals surface area (Å²) in [6, 6.07) is 12.1. The number of carbonyl (C=O) groups is 1. The molecule has 2 aromatic carbocycles. The van der Waals surface area contributed by atoms with E-state index < -0.39 is 5.76 Å². The summed E-state index contributed by atoms with van der Waals surface area (Å²) in [5.41, 5.74) is 1.39. The number of ether oxygens (including phenoxy) is 1. The first-order valence-electron chi connectivity index (χ1n) is 7.15. The summed E-state index contributed by atoms with van der Waals surface area (Å²) in [6.45, 7) is 0. The number of para-hydroxylation sites is 1. The minimum atomic E-state index is -2.53. The highest BCUT2D eigenvalue weighted by Gasteiger charge is 2.12. The number of methoxy groups -OCH3 is 1. The van der Waals surface area contributed by atoms with Crippen LogP contribution in [0, 0.1) is 0 Å². The third-order valence-electron chi connectivity index (χ3n) is 3.23. The Bertz CT molecular complexity index is 713. The summed E-state index contributed by atoms with van der Waals surface area (Å²) < 4.78 is 31.1. The van der Waals surface area contributed by atoms with Crippen LogP contribution in [0.5, 0.6) is 5.75 Å². The summed E-state index contributed by atoms with van der Waals surface area (Å²) in [7, 11) is 1.59. The molecule has 2 aromatic rings. The maximum Gasteiger partial charge on any atom is 0.288 e. The molecule has 0 aliphatic carbocycles. The number of thioether (sulfide) groups is 1. The minimum Gasteiger partial charge on any atom is -0.496 e. The Kier molecular flexibility index (Phi) is 7.05. The standard InChI is InChI=1S/C17H16BrF2NO2S/c1-23-14-8-6-11(10-12(14)18)7-9-16(22)21-13-4-2-3-5-15(13)24-17(19)20/h2-6,8,10,17H,7,9H2,1H3,(H,21,22). The number of alkyl halides is 2. The van der Waals surface area contributed by atoms with Crippen molar-refractivity contribution in [3.8, 4) is 5.75 Å². The Morgan fingerprint density at radius 2 is 2.04 bits per heavy atom. The van der Waals surface area contributed by atoms with E-state index in [1.807, 2.05) is 18.2 Å². The highest BCUT2D eigenvalue weighted by molar-refractivity contribution is 9.10. The lowest BCUT2D eigenvalue weighted by molar-refractivity contribution is -0.116. The van der Waals surface area contributed by atoms with Crippen molar-refractivity contribution in [1.29, 1.82) is 0 Å². The zero-order valence-electron chi connectivity index (χ0n) is 12.9. The number of aryl methyl sites for hydroxylation is 1. The molecule has 128 valence electrons. The molecule has 0 aromatic heterocycles. The van der Waals surface area contributed by atoms with E-state index in [1.54, 1.807) is 31.4 Å². The van der Waals surface area contributed by atoms with Crippen LogP contribution in [0.4, 0.5) is 14.5 Å². The fraction of sp³-hybridized carbons (Fsp3) is 0.235. The Morgan fingerprint density at radius 1 is 1.29 bits per heavy atom. The number of rotatable bonds is 7. The van der Waals surface area contributed by atoms with Crippen LogP contribution in [0.1, 0.15) is 12.0 Å². The van der Waals surface area contributed by atoms with Crippen LogP contribution in [0.15, 0.2) is 51.8 Å². The van der Waals surface area contributed by atoms with Crippen molar-refractivity contribution in [2.45, 2.75) is 23.5 Å². The first-order chi connectivity index (χ1) is 11.5. The van der Waals surface area contributed by atoms with Crippen molar-refractivity contribution in [3.05, 3.63) is 52.5 Å². The van der Waals surface area contributed by atoms with E-state index in [9.17, 15) is 13.6 Å². The molecule has 0 saturated heterocycles. The van der Waals surface area contributed by atoms with Crippen molar-refractivity contribution in [1.82, 2.24) is 0 Å². The minimum absolute atomic E-state index is 0.218. The van der Waals surface area contributed by atoms with Gasteiger partial charge in [-0.3, -0.25) is 4.79 Å². The normalized spacial score (nSPS) is 10.7. The quantitative estimate of drug-likeness (QED) is 0.619. The second-order valence-electron chi connectivity index (χ2n) is 4.89. The van der Waals surface area contributed by atoms with Gasteiger partial charge in [0.1, 0.15) is 5.75 Å². The van der Waals surface area contributed by atoms with Crippen molar-refractivity contribution in [2.24, 2.45) is 0 Å². The number of hydrogen-bond acceptors (Lipinski definition) is 3. The van der Waals surface area contributed by atoms with E-state index in [0.29, 0.717) is 28.8 Å². The summed E-state index contributed by atoms with van der Waals surface area (Å²) in [5.74, 6) is -2.02. The van der Waals surface area contributed by atoms with Crippen LogP contribution in [0.2, 0.25) is 0 Å². The summed E-state index contributed by atoms with van der Waals surface area (Å²) in [4.78, 5) is 12.4. The molecule has 0 aliphatic heterocycles. The number of carbonyl (C=O) groups excluding carboxylic acids is 1. The van der Waals surface area contributed by atoms with Gasteiger partial charge >= 0.3 is 0 Å². The molecular weight excluding hydrogens is 400 g/mol. The second kappa shape index (κ2) is 9.03.